The third-order valence-electron chi connectivity index (χ3n) is 5.32. The lowest BCUT2D eigenvalue weighted by Crippen LogP contribution is -2.35. The van der Waals surface area contributed by atoms with Gasteiger partial charge >= 0.3 is 0 Å². The largest absolute Gasteiger partial charge is 0.497 e. The van der Waals surface area contributed by atoms with Crippen LogP contribution in [0.3, 0.4) is 0 Å². The van der Waals surface area contributed by atoms with Gasteiger partial charge in [0.05, 0.1) is 13.0 Å². The molecule has 0 saturated carbocycles. The molecule has 2 aliphatic heterocycles. The fourth-order valence-corrected chi connectivity index (χ4v) is 3.75. The standard InChI is InChI=1S/C18H26N2O2.ClH/c1-13(14-3-5-17(22-2)6-4-14)18(21)20-9-7-15-11-19-12-16(15)8-10-20;/h3-6,13,15-16,19H,7-12H2,1-2H3;1H/t13?,15-,16+;. The third kappa shape index (κ3) is 3.99. The summed E-state index contributed by atoms with van der Waals surface area (Å²) in [5, 5.41) is 3.48. The molecule has 1 unspecified atom stereocenters. The molecule has 3 atom stereocenters. The molecule has 0 radical (unpaired) electrons. The van der Waals surface area contributed by atoms with Crippen LogP contribution in [-0.2, 0) is 4.79 Å². The number of ether oxygens (including phenoxy) is 1. The maximum Gasteiger partial charge on any atom is 0.229 e. The first-order valence-corrected chi connectivity index (χ1v) is 8.32. The fourth-order valence-electron chi connectivity index (χ4n) is 3.75. The number of halogens is 1. The predicted molar refractivity (Wildman–Crippen MR) is 94.3 cm³/mol. The Bertz CT molecular complexity index is 506. The average molecular weight is 339 g/mol. The van der Waals surface area contributed by atoms with E-state index in [9.17, 15) is 4.79 Å². The summed E-state index contributed by atoms with van der Waals surface area (Å²) in [6, 6.07) is 7.85. The molecule has 0 aliphatic carbocycles. The maximum atomic E-state index is 12.8. The number of nitrogens with one attached hydrogen (secondary N) is 1. The van der Waals surface area contributed by atoms with Crippen LogP contribution in [0.1, 0.15) is 31.2 Å². The van der Waals surface area contributed by atoms with Crippen LogP contribution in [0.2, 0.25) is 0 Å². The van der Waals surface area contributed by atoms with Gasteiger partial charge in [-0.1, -0.05) is 12.1 Å². The second kappa shape index (κ2) is 8.02. The summed E-state index contributed by atoms with van der Waals surface area (Å²) in [5.74, 6) is 2.53. The number of amides is 1. The molecule has 1 N–H and O–H groups in total. The first kappa shape index (κ1) is 18.1. The van der Waals surface area contributed by atoms with Crippen LogP contribution in [0.15, 0.2) is 24.3 Å². The zero-order valence-electron chi connectivity index (χ0n) is 14.0. The van der Waals surface area contributed by atoms with Crippen molar-refractivity contribution < 1.29 is 9.53 Å². The number of rotatable bonds is 3. The van der Waals surface area contributed by atoms with Crippen LogP contribution in [0.5, 0.6) is 5.75 Å². The van der Waals surface area contributed by atoms with Gasteiger partial charge in [-0.3, -0.25) is 4.79 Å². The summed E-state index contributed by atoms with van der Waals surface area (Å²) in [6.45, 7) is 6.07. The molecule has 4 nitrogen and oxygen atoms in total. The first-order valence-electron chi connectivity index (χ1n) is 8.32. The van der Waals surface area contributed by atoms with E-state index in [2.05, 4.69) is 10.2 Å². The second-order valence-electron chi connectivity index (χ2n) is 6.58. The van der Waals surface area contributed by atoms with Crippen LogP contribution in [0.25, 0.3) is 0 Å². The minimum atomic E-state index is -0.0815. The highest BCUT2D eigenvalue weighted by atomic mass is 35.5. The molecule has 0 bridgehead atoms. The van der Waals surface area contributed by atoms with Gasteiger partial charge in [0.2, 0.25) is 5.91 Å². The second-order valence-corrected chi connectivity index (χ2v) is 6.58. The number of nitrogens with zero attached hydrogens (tertiary/aromatic N) is 1. The van der Waals surface area contributed by atoms with E-state index < -0.39 is 0 Å². The molecule has 0 spiro atoms. The van der Waals surface area contributed by atoms with Crippen molar-refractivity contribution in [2.75, 3.05) is 33.3 Å². The minimum Gasteiger partial charge on any atom is -0.497 e. The summed E-state index contributed by atoms with van der Waals surface area (Å²) >= 11 is 0. The van der Waals surface area contributed by atoms with E-state index in [0.717, 1.165) is 62.2 Å². The Morgan fingerprint density at radius 2 is 1.74 bits per heavy atom. The van der Waals surface area contributed by atoms with E-state index >= 15 is 0 Å². The number of methoxy groups -OCH3 is 1. The molecule has 2 saturated heterocycles. The maximum absolute atomic E-state index is 12.8. The molecule has 1 amide bonds. The highest BCUT2D eigenvalue weighted by molar-refractivity contribution is 5.85. The summed E-state index contributed by atoms with van der Waals surface area (Å²) in [7, 11) is 1.66. The minimum absolute atomic E-state index is 0. The molecule has 5 heteroatoms. The molecular formula is C18H27ClN2O2. The van der Waals surface area contributed by atoms with Crippen molar-refractivity contribution >= 4 is 18.3 Å². The van der Waals surface area contributed by atoms with Crippen molar-refractivity contribution in [3.8, 4) is 5.75 Å². The van der Waals surface area contributed by atoms with Gasteiger partial charge in [0.25, 0.3) is 0 Å². The lowest BCUT2D eigenvalue weighted by Gasteiger charge is -2.25. The van der Waals surface area contributed by atoms with Gasteiger partial charge in [-0.15, -0.1) is 12.4 Å². The Balaban J connectivity index is 0.00000192. The van der Waals surface area contributed by atoms with Crippen LogP contribution < -0.4 is 10.1 Å². The Morgan fingerprint density at radius 1 is 1.17 bits per heavy atom. The van der Waals surface area contributed by atoms with E-state index in [0.29, 0.717) is 0 Å². The van der Waals surface area contributed by atoms with Gasteiger partial charge in [-0.2, -0.15) is 0 Å². The fraction of sp³-hybridized carbons (Fsp3) is 0.611. The summed E-state index contributed by atoms with van der Waals surface area (Å²) in [6.07, 6.45) is 2.28. The molecule has 1 aromatic rings. The van der Waals surface area contributed by atoms with Crippen molar-refractivity contribution in [3.63, 3.8) is 0 Å². The number of carbonyl (C=O) groups excluding carboxylic acids is 1. The van der Waals surface area contributed by atoms with E-state index in [4.69, 9.17) is 4.74 Å². The zero-order valence-corrected chi connectivity index (χ0v) is 14.8. The van der Waals surface area contributed by atoms with Gasteiger partial charge in [0.15, 0.2) is 0 Å². The Hall–Kier alpha value is -1.26. The highest BCUT2D eigenvalue weighted by Gasteiger charge is 2.32. The van der Waals surface area contributed by atoms with E-state index in [-0.39, 0.29) is 24.2 Å². The van der Waals surface area contributed by atoms with E-state index in [1.807, 2.05) is 31.2 Å². The number of benzene rings is 1. The molecule has 0 aromatic heterocycles. The first-order chi connectivity index (χ1) is 10.7. The molecule has 1 aromatic carbocycles. The predicted octanol–water partition coefficient (Wildman–Crippen LogP) is 2.68. The van der Waals surface area contributed by atoms with Gasteiger partial charge < -0.3 is 15.0 Å². The molecule has 2 fully saturated rings. The number of hydrogen-bond acceptors (Lipinski definition) is 3. The molecule has 128 valence electrons. The molecule has 2 aliphatic rings. The third-order valence-corrected chi connectivity index (χ3v) is 5.32. The summed E-state index contributed by atoms with van der Waals surface area (Å²) in [4.78, 5) is 14.9. The molecular weight excluding hydrogens is 312 g/mol. The molecule has 2 heterocycles. The van der Waals surface area contributed by atoms with E-state index in [1.165, 1.54) is 0 Å². The number of hydrogen-bond donors (Lipinski definition) is 1. The van der Waals surface area contributed by atoms with Crippen molar-refractivity contribution in [1.82, 2.24) is 10.2 Å². The van der Waals surface area contributed by atoms with Crippen LogP contribution in [-0.4, -0.2) is 44.1 Å². The van der Waals surface area contributed by atoms with Gasteiger partial charge in [0, 0.05) is 13.1 Å². The summed E-state index contributed by atoms with van der Waals surface area (Å²) in [5.41, 5.74) is 1.07. The Morgan fingerprint density at radius 3 is 2.26 bits per heavy atom. The zero-order chi connectivity index (χ0) is 15.5. The number of fused-ring (bicyclic) bond motifs is 1. The smallest absolute Gasteiger partial charge is 0.229 e. The van der Waals surface area contributed by atoms with Crippen LogP contribution >= 0.6 is 12.4 Å². The van der Waals surface area contributed by atoms with Gasteiger partial charge in [-0.05, 0) is 62.4 Å². The average Bonchev–Trinajstić information content (AvgIpc) is 2.92. The SMILES string of the molecule is COc1ccc(C(C)C(=O)N2CC[C@@H]3CNC[C@@H]3CC2)cc1.Cl. The quantitative estimate of drug-likeness (QED) is 0.921. The van der Waals surface area contributed by atoms with Gasteiger partial charge in [-0.25, -0.2) is 0 Å². The van der Waals surface area contributed by atoms with E-state index in [1.54, 1.807) is 7.11 Å². The highest BCUT2D eigenvalue weighted by Crippen LogP contribution is 2.29. The van der Waals surface area contributed by atoms with Crippen LogP contribution in [0.4, 0.5) is 0 Å². The summed E-state index contributed by atoms with van der Waals surface area (Å²) < 4.78 is 5.18. The van der Waals surface area contributed by atoms with Gasteiger partial charge in [0.1, 0.15) is 5.75 Å². The van der Waals surface area contributed by atoms with Crippen molar-refractivity contribution in [3.05, 3.63) is 29.8 Å². The van der Waals surface area contributed by atoms with Crippen molar-refractivity contribution in [2.24, 2.45) is 11.8 Å². The Kier molecular flexibility index (Phi) is 6.31. The van der Waals surface area contributed by atoms with Crippen molar-refractivity contribution in [2.45, 2.75) is 25.7 Å². The van der Waals surface area contributed by atoms with Crippen LogP contribution in [0, 0.1) is 11.8 Å². The molecule has 3 rings (SSSR count). The normalized spacial score (nSPS) is 25.0. The monoisotopic (exact) mass is 338 g/mol. The number of carbonyl (C=O) groups is 1. The lowest BCUT2D eigenvalue weighted by molar-refractivity contribution is -0.132. The van der Waals surface area contributed by atoms with Crippen molar-refractivity contribution in [1.29, 1.82) is 0 Å². The Labute approximate surface area is 145 Å². The topological polar surface area (TPSA) is 41.6 Å². The lowest BCUT2D eigenvalue weighted by atomic mass is 9.92. The number of likely N-dealkylation sites (tertiary alicyclic amines) is 1. The molecule has 23 heavy (non-hydrogen) atoms.